The van der Waals surface area contributed by atoms with Gasteiger partial charge in [-0.15, -0.1) is 0 Å². The van der Waals surface area contributed by atoms with Crippen LogP contribution in [0.25, 0.3) is 0 Å². The molecule has 0 radical (unpaired) electrons. The Morgan fingerprint density at radius 3 is 2.38 bits per heavy atom. The minimum Gasteiger partial charge on any atom is -0.495 e. The lowest BCUT2D eigenvalue weighted by molar-refractivity contribution is -0.0515. The highest BCUT2D eigenvalue weighted by Crippen LogP contribution is 2.39. The quantitative estimate of drug-likeness (QED) is 0.0913. The first kappa shape index (κ1) is 39.8. The largest absolute Gasteiger partial charge is 0.495 e. The van der Waals surface area contributed by atoms with Crippen LogP contribution in [0.2, 0.25) is 10.0 Å². The fraction of sp³-hybridized carbons (Fsp3) is 0.500. The third-order valence-corrected chi connectivity index (χ3v) is 10.7. The van der Waals surface area contributed by atoms with E-state index in [0.717, 1.165) is 51.6 Å². The average Bonchev–Trinajstić information content (AvgIpc) is 3.94. The summed E-state index contributed by atoms with van der Waals surface area (Å²) < 4.78 is 81.5. The molecule has 0 N–H and O–H groups in total. The third-order valence-electron chi connectivity index (χ3n) is 8.84. The lowest BCUT2D eigenvalue weighted by atomic mass is 10.0. The summed E-state index contributed by atoms with van der Waals surface area (Å²) in [5, 5.41) is 0.466. The number of pyridine rings is 1. The van der Waals surface area contributed by atoms with Gasteiger partial charge in [0.25, 0.3) is 0 Å². The Morgan fingerprint density at radius 1 is 1.02 bits per heavy atom. The molecule has 2 fully saturated rings. The minimum atomic E-state index is -3.78. The second kappa shape index (κ2) is 18.6. The van der Waals surface area contributed by atoms with E-state index in [4.69, 9.17) is 46.9 Å². The first-order valence-electron chi connectivity index (χ1n) is 17.1. The highest BCUT2D eigenvalue weighted by atomic mass is 35.5. The van der Waals surface area contributed by atoms with E-state index in [-0.39, 0.29) is 51.5 Å². The van der Waals surface area contributed by atoms with E-state index in [0.29, 0.717) is 43.3 Å². The van der Waals surface area contributed by atoms with Crippen LogP contribution in [-0.4, -0.2) is 90.2 Å². The molecule has 0 spiro atoms. The van der Waals surface area contributed by atoms with Crippen molar-refractivity contribution in [2.45, 2.75) is 51.2 Å². The summed E-state index contributed by atoms with van der Waals surface area (Å²) >= 11 is 12.9. The number of carbonyl (C=O) groups excluding carboxylic acids is 1. The number of nitrogens with zero attached hydrogens (tertiary/aromatic N) is 3. The van der Waals surface area contributed by atoms with Gasteiger partial charge >= 0.3 is 12.6 Å². The molecule has 1 aliphatic carbocycles. The molecule has 0 unspecified atom stereocenters. The van der Waals surface area contributed by atoms with Gasteiger partial charge in [0.05, 0.1) is 54.5 Å². The van der Waals surface area contributed by atoms with Crippen molar-refractivity contribution in [2.75, 3.05) is 63.7 Å². The maximum Gasteiger partial charge on any atom is 0.387 e. The van der Waals surface area contributed by atoms with Crippen molar-refractivity contribution in [1.29, 1.82) is 0 Å². The predicted octanol–water partition coefficient (Wildman–Crippen LogP) is 7.20. The molecular weight excluding hydrogens is 743 g/mol. The van der Waals surface area contributed by atoms with Crippen LogP contribution in [0.15, 0.2) is 48.8 Å². The standard InChI is InChI=1S/C36H43Cl2F2N3O8S/c1-47-31-10-9-26(18-30(31)43(52(2,45)46)13-5-3-4-12-42-14-16-48-17-15-42)35(44)50-33(20-27-28(37)21-41-22-29(27)38)25-8-11-32(51-36(39)40)34(19-25)49-23-24-6-7-24/h8-11,18-19,21-22,24,33,36H,3-7,12-17,20,23H2,1-2H3/t33-/m0/s1. The van der Waals surface area contributed by atoms with Crippen LogP contribution in [0.4, 0.5) is 14.5 Å². The predicted molar refractivity (Wildman–Crippen MR) is 194 cm³/mol. The highest BCUT2D eigenvalue weighted by Gasteiger charge is 2.28. The molecule has 284 valence electrons. The van der Waals surface area contributed by atoms with Crippen LogP contribution in [0.1, 0.15) is 59.7 Å². The molecule has 5 rings (SSSR count). The number of aromatic nitrogens is 1. The molecule has 16 heteroatoms. The molecule has 11 nitrogen and oxygen atoms in total. The fourth-order valence-electron chi connectivity index (χ4n) is 5.84. The van der Waals surface area contributed by atoms with Crippen LogP contribution in [-0.2, 0) is 25.9 Å². The van der Waals surface area contributed by atoms with Crippen LogP contribution in [0.5, 0.6) is 17.2 Å². The van der Waals surface area contributed by atoms with Gasteiger partial charge in [-0.25, -0.2) is 13.2 Å². The van der Waals surface area contributed by atoms with Crippen molar-refractivity contribution in [3.63, 3.8) is 0 Å². The van der Waals surface area contributed by atoms with Gasteiger partial charge in [-0.3, -0.25) is 14.2 Å². The van der Waals surface area contributed by atoms with Crippen molar-refractivity contribution < 1.29 is 45.7 Å². The average molecular weight is 787 g/mol. The summed E-state index contributed by atoms with van der Waals surface area (Å²) in [5.74, 6) is -0.307. The molecule has 2 aliphatic rings. The zero-order valence-electron chi connectivity index (χ0n) is 29.1. The SMILES string of the molecule is COc1ccc(C(=O)O[C@@H](Cc2c(Cl)cncc2Cl)c2ccc(OC(F)F)c(OCC3CC3)c2)cc1N(CCCCCN1CCOCC1)S(C)(=O)=O. The Bertz CT molecular complexity index is 1760. The van der Waals surface area contributed by atoms with Crippen molar-refractivity contribution in [1.82, 2.24) is 9.88 Å². The van der Waals surface area contributed by atoms with E-state index >= 15 is 0 Å². The van der Waals surface area contributed by atoms with Crippen molar-refractivity contribution in [3.8, 4) is 17.2 Å². The Labute approximate surface area is 313 Å². The molecule has 2 heterocycles. The van der Waals surface area contributed by atoms with E-state index in [9.17, 15) is 22.0 Å². The van der Waals surface area contributed by atoms with Crippen LogP contribution < -0.4 is 18.5 Å². The fourth-order valence-corrected chi connectivity index (χ4v) is 7.32. The Morgan fingerprint density at radius 2 is 1.73 bits per heavy atom. The van der Waals surface area contributed by atoms with Crippen LogP contribution in [0, 0.1) is 5.92 Å². The van der Waals surface area contributed by atoms with E-state index < -0.39 is 28.7 Å². The monoisotopic (exact) mass is 785 g/mol. The zero-order valence-corrected chi connectivity index (χ0v) is 31.4. The summed E-state index contributed by atoms with van der Waals surface area (Å²) in [5.41, 5.74) is 1.08. The number of hydrogen-bond acceptors (Lipinski definition) is 10. The number of sulfonamides is 1. The van der Waals surface area contributed by atoms with Gasteiger partial charge in [0.1, 0.15) is 11.9 Å². The van der Waals surface area contributed by atoms with Crippen LogP contribution >= 0.6 is 23.2 Å². The molecule has 1 saturated heterocycles. The molecular formula is C36H43Cl2F2N3O8S. The number of methoxy groups -OCH3 is 1. The van der Waals surface area contributed by atoms with Gasteiger partial charge in [0.2, 0.25) is 10.0 Å². The number of alkyl halides is 2. The van der Waals surface area contributed by atoms with E-state index in [1.165, 1.54) is 60.2 Å². The molecule has 1 atom stereocenters. The summed E-state index contributed by atoms with van der Waals surface area (Å²) in [6.45, 7) is 1.50. The maximum atomic E-state index is 13.9. The molecule has 52 heavy (non-hydrogen) atoms. The number of rotatable bonds is 19. The van der Waals surface area contributed by atoms with Gasteiger partial charge in [0, 0.05) is 38.4 Å². The number of hydrogen-bond donors (Lipinski definition) is 0. The first-order valence-corrected chi connectivity index (χ1v) is 19.7. The smallest absolute Gasteiger partial charge is 0.387 e. The number of ether oxygens (including phenoxy) is 5. The van der Waals surface area contributed by atoms with E-state index in [1.54, 1.807) is 0 Å². The molecule has 3 aromatic rings. The van der Waals surface area contributed by atoms with E-state index in [2.05, 4.69) is 9.88 Å². The number of benzene rings is 2. The van der Waals surface area contributed by atoms with Crippen molar-refractivity contribution in [3.05, 3.63) is 75.5 Å². The second-order valence-electron chi connectivity index (χ2n) is 12.8. The van der Waals surface area contributed by atoms with Gasteiger partial charge in [-0.05, 0) is 79.6 Å². The molecule has 1 aromatic heterocycles. The normalized spacial score (nSPS) is 15.7. The summed E-state index contributed by atoms with van der Waals surface area (Å²) in [6, 6.07) is 8.71. The van der Waals surface area contributed by atoms with Gasteiger partial charge in [-0.2, -0.15) is 8.78 Å². The topological polar surface area (TPSA) is 117 Å². The molecule has 1 aliphatic heterocycles. The maximum absolute atomic E-state index is 13.9. The molecule has 1 saturated carbocycles. The van der Waals surface area contributed by atoms with Gasteiger partial charge in [-0.1, -0.05) is 35.7 Å². The van der Waals surface area contributed by atoms with Crippen molar-refractivity contribution in [2.24, 2.45) is 5.92 Å². The van der Waals surface area contributed by atoms with Crippen molar-refractivity contribution >= 4 is 44.9 Å². The Kier molecular flexibility index (Phi) is 14.2. The number of halogens is 4. The summed E-state index contributed by atoms with van der Waals surface area (Å²) in [4.78, 5) is 20.2. The molecule has 0 bridgehead atoms. The van der Waals surface area contributed by atoms with E-state index in [1.807, 2.05) is 0 Å². The Balaban J connectivity index is 1.40. The first-order chi connectivity index (χ1) is 24.9. The number of unbranched alkanes of at least 4 members (excludes halogenated alkanes) is 2. The molecule has 0 amide bonds. The van der Waals surface area contributed by atoms with Crippen LogP contribution in [0.3, 0.4) is 0 Å². The number of anilines is 1. The second-order valence-corrected chi connectivity index (χ2v) is 15.5. The molecule has 2 aromatic carbocycles. The summed E-state index contributed by atoms with van der Waals surface area (Å²) in [6.07, 6.45) is 7.09. The zero-order chi connectivity index (χ0) is 37.3. The third kappa shape index (κ3) is 11.3. The minimum absolute atomic E-state index is 0.00796. The number of morpholine rings is 1. The highest BCUT2D eigenvalue weighted by molar-refractivity contribution is 7.92. The van der Waals surface area contributed by atoms with Gasteiger partial charge < -0.3 is 23.7 Å². The summed E-state index contributed by atoms with van der Waals surface area (Å²) in [7, 11) is -2.36. The van der Waals surface area contributed by atoms with Gasteiger partial charge in [0.15, 0.2) is 11.5 Å². The lowest BCUT2D eigenvalue weighted by Gasteiger charge is -2.27. The lowest BCUT2D eigenvalue weighted by Crippen LogP contribution is -2.37. The number of esters is 1. The Hall–Kier alpha value is -3.43. The number of carbonyl (C=O) groups is 1.